The number of benzene rings is 1. The molecule has 2 aromatic rings. The van der Waals surface area contributed by atoms with Gasteiger partial charge in [0.05, 0.1) is 5.70 Å². The van der Waals surface area contributed by atoms with Gasteiger partial charge in [-0.15, -0.1) is 0 Å². The molecule has 1 heterocycles. The van der Waals surface area contributed by atoms with Gasteiger partial charge in [0.2, 0.25) is 0 Å². The molecule has 0 unspecified atom stereocenters. The second-order valence-corrected chi connectivity index (χ2v) is 5.47. The molecule has 1 aromatic carbocycles. The standard InChI is InChI=1S/C20H19N3/c1-4-17-13-19(21-18-11-10-14(2)15(3)12-18)23-20(22-17)16-8-6-5-7-9-16/h5-10,12-13H,2,4H2,1,3H3,(H,21,22,23). The molecule has 1 aliphatic rings. The van der Waals surface area contributed by atoms with Crippen LogP contribution in [0, 0.1) is 0 Å². The van der Waals surface area contributed by atoms with Crippen LogP contribution in [-0.4, -0.2) is 9.97 Å². The van der Waals surface area contributed by atoms with Gasteiger partial charge in [0.1, 0.15) is 5.82 Å². The van der Waals surface area contributed by atoms with Crippen molar-refractivity contribution < 1.29 is 0 Å². The van der Waals surface area contributed by atoms with Crippen LogP contribution in [0.2, 0.25) is 0 Å². The van der Waals surface area contributed by atoms with Crippen LogP contribution in [0.3, 0.4) is 0 Å². The maximum atomic E-state index is 4.64. The van der Waals surface area contributed by atoms with Gasteiger partial charge in [-0.3, -0.25) is 0 Å². The summed E-state index contributed by atoms with van der Waals surface area (Å²) in [5, 5.41) is 3.32. The fourth-order valence-corrected chi connectivity index (χ4v) is 2.30. The zero-order chi connectivity index (χ0) is 16.2. The lowest BCUT2D eigenvalue weighted by Crippen LogP contribution is -2.04. The summed E-state index contributed by atoms with van der Waals surface area (Å²) in [5.74, 6) is 1.51. The van der Waals surface area contributed by atoms with Crippen LogP contribution >= 0.6 is 0 Å². The maximum absolute atomic E-state index is 4.64. The number of aromatic nitrogens is 2. The number of hydrogen-bond donors (Lipinski definition) is 1. The Hall–Kier alpha value is -2.90. The van der Waals surface area contributed by atoms with Gasteiger partial charge in [-0.25, -0.2) is 9.97 Å². The van der Waals surface area contributed by atoms with Crippen molar-refractivity contribution in [3.05, 3.63) is 83.4 Å². The minimum absolute atomic E-state index is 0.734. The lowest BCUT2D eigenvalue weighted by molar-refractivity contribution is 1.01. The second-order valence-electron chi connectivity index (χ2n) is 5.47. The molecular weight excluding hydrogens is 282 g/mol. The van der Waals surface area contributed by atoms with Crippen LogP contribution in [-0.2, 0) is 6.42 Å². The van der Waals surface area contributed by atoms with Gasteiger partial charge in [0.25, 0.3) is 0 Å². The molecule has 0 bridgehead atoms. The van der Waals surface area contributed by atoms with E-state index in [0.717, 1.165) is 46.2 Å². The number of nitrogens with one attached hydrogen (secondary N) is 1. The maximum Gasteiger partial charge on any atom is 0.161 e. The van der Waals surface area contributed by atoms with E-state index in [4.69, 9.17) is 0 Å². The van der Waals surface area contributed by atoms with Crippen molar-refractivity contribution in [3.63, 3.8) is 0 Å². The second kappa shape index (κ2) is 6.47. The highest BCUT2D eigenvalue weighted by molar-refractivity contribution is 5.59. The van der Waals surface area contributed by atoms with E-state index in [1.807, 2.05) is 55.5 Å². The van der Waals surface area contributed by atoms with Crippen molar-refractivity contribution in [1.29, 1.82) is 0 Å². The first-order valence-electron chi connectivity index (χ1n) is 7.70. The molecule has 0 saturated carbocycles. The van der Waals surface area contributed by atoms with Crippen LogP contribution in [0.15, 0.2) is 77.7 Å². The molecule has 0 aliphatic heterocycles. The van der Waals surface area contributed by atoms with Gasteiger partial charge in [-0.2, -0.15) is 0 Å². The number of aryl methyl sites for hydroxylation is 1. The number of allylic oxidation sites excluding steroid dienone is 3. The quantitative estimate of drug-likeness (QED) is 0.834. The molecule has 1 N–H and O–H groups in total. The van der Waals surface area contributed by atoms with E-state index in [9.17, 15) is 0 Å². The fraction of sp³-hybridized carbons (Fsp3) is 0.150. The van der Waals surface area contributed by atoms with Gasteiger partial charge in [0, 0.05) is 17.3 Å². The number of anilines is 1. The Balaban J connectivity index is 1.97. The molecule has 1 aromatic heterocycles. The van der Waals surface area contributed by atoms with Gasteiger partial charge in [-0.05, 0) is 36.6 Å². The van der Waals surface area contributed by atoms with Gasteiger partial charge in [-0.1, -0.05) is 49.6 Å². The van der Waals surface area contributed by atoms with Crippen molar-refractivity contribution in [1.82, 2.24) is 9.97 Å². The van der Waals surface area contributed by atoms with Crippen LogP contribution in [0.5, 0.6) is 0 Å². The SMILES string of the molecule is C=C1C=C=C(Nc2cc(CC)nc(-c3ccccc3)n2)C=C1C. The van der Waals surface area contributed by atoms with Crippen LogP contribution < -0.4 is 5.32 Å². The van der Waals surface area contributed by atoms with Crippen molar-refractivity contribution in [2.75, 3.05) is 5.32 Å². The smallest absolute Gasteiger partial charge is 0.161 e. The first-order chi connectivity index (χ1) is 11.2. The van der Waals surface area contributed by atoms with Crippen molar-refractivity contribution in [2.45, 2.75) is 20.3 Å². The van der Waals surface area contributed by atoms with Crippen molar-refractivity contribution in [3.8, 4) is 11.4 Å². The van der Waals surface area contributed by atoms with Crippen molar-refractivity contribution in [2.24, 2.45) is 0 Å². The Bertz CT molecular complexity index is 838. The van der Waals surface area contributed by atoms with Gasteiger partial charge < -0.3 is 5.32 Å². The molecule has 0 spiro atoms. The van der Waals surface area contributed by atoms with Gasteiger partial charge >= 0.3 is 0 Å². The summed E-state index contributed by atoms with van der Waals surface area (Å²) in [5.41, 5.74) is 8.20. The summed E-state index contributed by atoms with van der Waals surface area (Å²) in [6.07, 6.45) is 4.77. The number of hydrogen-bond acceptors (Lipinski definition) is 3. The van der Waals surface area contributed by atoms with Crippen LogP contribution in [0.25, 0.3) is 11.4 Å². The first kappa shape index (κ1) is 15.0. The summed E-state index contributed by atoms with van der Waals surface area (Å²) in [6.45, 7) is 8.09. The third-order valence-electron chi connectivity index (χ3n) is 3.71. The zero-order valence-corrected chi connectivity index (χ0v) is 13.4. The average Bonchev–Trinajstić information content (AvgIpc) is 2.58. The van der Waals surface area contributed by atoms with Crippen molar-refractivity contribution >= 4 is 5.82 Å². The predicted molar refractivity (Wildman–Crippen MR) is 95.0 cm³/mol. The fourth-order valence-electron chi connectivity index (χ4n) is 2.30. The van der Waals surface area contributed by atoms with Crippen LogP contribution in [0.4, 0.5) is 5.82 Å². The molecule has 0 amide bonds. The first-order valence-corrected chi connectivity index (χ1v) is 7.70. The van der Waals surface area contributed by atoms with E-state index in [1.54, 1.807) is 0 Å². The molecule has 0 atom stereocenters. The lowest BCUT2D eigenvalue weighted by atomic mass is 10.1. The Labute approximate surface area is 136 Å². The molecular formula is C20H19N3. The highest BCUT2D eigenvalue weighted by atomic mass is 15.0. The molecule has 3 rings (SSSR count). The number of rotatable bonds is 4. The highest BCUT2D eigenvalue weighted by Gasteiger charge is 2.08. The van der Waals surface area contributed by atoms with E-state index >= 15 is 0 Å². The summed E-state index contributed by atoms with van der Waals surface area (Å²) in [6, 6.07) is 12.0. The Morgan fingerprint density at radius 3 is 2.65 bits per heavy atom. The van der Waals surface area contributed by atoms with E-state index < -0.39 is 0 Å². The average molecular weight is 301 g/mol. The lowest BCUT2D eigenvalue weighted by Gasteiger charge is -2.12. The largest absolute Gasteiger partial charge is 0.334 e. The molecule has 0 fully saturated rings. The third kappa shape index (κ3) is 3.47. The summed E-state index contributed by atoms with van der Waals surface area (Å²) < 4.78 is 0. The van der Waals surface area contributed by atoms with E-state index in [0.29, 0.717) is 0 Å². The minimum atomic E-state index is 0.734. The summed E-state index contributed by atoms with van der Waals surface area (Å²) >= 11 is 0. The summed E-state index contributed by atoms with van der Waals surface area (Å²) in [7, 11) is 0. The molecule has 23 heavy (non-hydrogen) atoms. The Kier molecular flexibility index (Phi) is 4.22. The van der Waals surface area contributed by atoms with E-state index in [-0.39, 0.29) is 0 Å². The normalized spacial score (nSPS) is 13.6. The predicted octanol–water partition coefficient (Wildman–Crippen LogP) is 4.67. The van der Waals surface area contributed by atoms with E-state index in [1.165, 1.54) is 0 Å². The topological polar surface area (TPSA) is 37.8 Å². The molecule has 3 nitrogen and oxygen atoms in total. The minimum Gasteiger partial charge on any atom is -0.334 e. The van der Waals surface area contributed by atoms with Crippen LogP contribution in [0.1, 0.15) is 19.5 Å². The molecule has 114 valence electrons. The molecule has 0 radical (unpaired) electrons. The number of nitrogens with zero attached hydrogens (tertiary/aromatic N) is 2. The third-order valence-corrected chi connectivity index (χ3v) is 3.71. The molecule has 0 saturated heterocycles. The Morgan fingerprint density at radius 1 is 1.17 bits per heavy atom. The van der Waals surface area contributed by atoms with Gasteiger partial charge in [0.15, 0.2) is 5.82 Å². The van der Waals surface area contributed by atoms with E-state index in [2.05, 4.69) is 34.5 Å². The molecule has 3 heteroatoms. The molecule has 1 aliphatic carbocycles. The highest BCUT2D eigenvalue weighted by Crippen LogP contribution is 2.21. The monoisotopic (exact) mass is 301 g/mol. The summed E-state index contributed by atoms with van der Waals surface area (Å²) in [4.78, 5) is 9.27. The zero-order valence-electron chi connectivity index (χ0n) is 13.4. The Morgan fingerprint density at radius 2 is 1.96 bits per heavy atom.